The minimum absolute atomic E-state index is 0.105. The number of rotatable bonds is 4. The van der Waals surface area contributed by atoms with E-state index in [0.29, 0.717) is 0 Å². The summed E-state index contributed by atoms with van der Waals surface area (Å²) in [6.07, 6.45) is 7.18. The molecule has 2 fully saturated rings. The van der Waals surface area contributed by atoms with Gasteiger partial charge in [0.05, 0.1) is 0 Å². The van der Waals surface area contributed by atoms with Crippen LogP contribution in [0.4, 0.5) is 4.79 Å². The molecule has 2 aliphatic rings. The Labute approximate surface area is 129 Å². The van der Waals surface area contributed by atoms with Gasteiger partial charge in [0.15, 0.2) is 0 Å². The molecule has 1 aromatic carbocycles. The summed E-state index contributed by atoms with van der Waals surface area (Å²) in [4.78, 5) is 38.6. The zero-order valence-electron chi connectivity index (χ0n) is 12.3. The van der Waals surface area contributed by atoms with E-state index >= 15 is 0 Å². The molecule has 0 N–H and O–H groups in total. The lowest BCUT2D eigenvalue weighted by Crippen LogP contribution is -2.39. The van der Waals surface area contributed by atoms with Crippen LogP contribution in [0.5, 0.6) is 0 Å². The minimum atomic E-state index is -0.713. The van der Waals surface area contributed by atoms with E-state index in [2.05, 4.69) is 0 Å². The van der Waals surface area contributed by atoms with Gasteiger partial charge in [0.2, 0.25) is 0 Å². The summed E-state index contributed by atoms with van der Waals surface area (Å²) in [6, 6.07) is 9.03. The molecule has 0 aromatic heterocycles. The van der Waals surface area contributed by atoms with E-state index in [1.165, 1.54) is 0 Å². The third-order valence-corrected chi connectivity index (χ3v) is 4.17. The van der Waals surface area contributed by atoms with Crippen molar-refractivity contribution in [3.05, 3.63) is 42.0 Å². The molecule has 1 heterocycles. The Hall–Kier alpha value is -2.43. The molecule has 5 nitrogen and oxygen atoms in total. The minimum Gasteiger partial charge on any atom is -0.263 e. The molecule has 1 saturated carbocycles. The number of carbonyl (C=O) groups excluding carboxylic acids is 3. The van der Waals surface area contributed by atoms with Crippen molar-refractivity contribution >= 4 is 23.9 Å². The van der Waals surface area contributed by atoms with Gasteiger partial charge in [0, 0.05) is 12.6 Å². The van der Waals surface area contributed by atoms with Gasteiger partial charge in [-0.15, -0.1) is 0 Å². The summed E-state index contributed by atoms with van der Waals surface area (Å²) in [5.74, 6) is -1.39. The van der Waals surface area contributed by atoms with Gasteiger partial charge in [-0.25, -0.2) is 4.79 Å². The summed E-state index contributed by atoms with van der Waals surface area (Å²) in [6.45, 7) is 0.127. The van der Waals surface area contributed by atoms with Crippen LogP contribution in [0.2, 0.25) is 0 Å². The van der Waals surface area contributed by atoms with Crippen molar-refractivity contribution in [2.24, 2.45) is 0 Å². The number of urea groups is 1. The second-order valence-electron chi connectivity index (χ2n) is 5.62. The van der Waals surface area contributed by atoms with E-state index in [9.17, 15) is 14.4 Å². The van der Waals surface area contributed by atoms with E-state index in [0.717, 1.165) is 41.0 Å². The van der Waals surface area contributed by atoms with Crippen LogP contribution in [0.15, 0.2) is 36.4 Å². The van der Waals surface area contributed by atoms with Crippen LogP contribution in [0, 0.1) is 0 Å². The van der Waals surface area contributed by atoms with Crippen LogP contribution in [-0.2, 0) is 9.59 Å². The maximum absolute atomic E-state index is 12.3. The number of benzene rings is 1. The Morgan fingerprint density at radius 2 is 1.68 bits per heavy atom. The number of carbonyl (C=O) groups is 3. The number of nitrogens with zero attached hydrogens (tertiary/aromatic N) is 2. The molecule has 0 atom stereocenters. The molecule has 3 rings (SSSR count). The highest BCUT2D eigenvalue weighted by atomic mass is 16.2. The molecule has 0 radical (unpaired) electrons. The number of hydrogen-bond acceptors (Lipinski definition) is 3. The smallest absolute Gasteiger partial charge is 0.263 e. The van der Waals surface area contributed by atoms with E-state index in [1.54, 1.807) is 6.08 Å². The lowest BCUT2D eigenvalue weighted by atomic mass is 10.2. The van der Waals surface area contributed by atoms with Crippen molar-refractivity contribution < 1.29 is 14.4 Å². The Bertz CT molecular complexity index is 618. The number of hydrogen-bond donors (Lipinski definition) is 0. The fourth-order valence-electron chi connectivity index (χ4n) is 3.03. The fraction of sp³-hybridized carbons (Fsp3) is 0.353. The predicted octanol–water partition coefficient (Wildman–Crippen LogP) is 2.43. The molecule has 4 amide bonds. The maximum Gasteiger partial charge on any atom is 0.334 e. The average Bonchev–Trinajstić information content (AvgIpc) is 3.11. The Kier molecular flexibility index (Phi) is 4.04. The van der Waals surface area contributed by atoms with Crippen LogP contribution in [0.25, 0.3) is 6.08 Å². The zero-order chi connectivity index (χ0) is 15.5. The van der Waals surface area contributed by atoms with Gasteiger partial charge in [-0.2, -0.15) is 0 Å². The van der Waals surface area contributed by atoms with E-state index in [1.807, 2.05) is 36.4 Å². The van der Waals surface area contributed by atoms with Gasteiger partial charge in [0.1, 0.15) is 0 Å². The topological polar surface area (TPSA) is 57.7 Å². The summed E-state index contributed by atoms with van der Waals surface area (Å²) in [5.41, 5.74) is 0.987. The van der Waals surface area contributed by atoms with Crippen molar-refractivity contribution in [3.8, 4) is 0 Å². The normalized spacial score (nSPS) is 19.9. The van der Waals surface area contributed by atoms with Gasteiger partial charge >= 0.3 is 17.8 Å². The van der Waals surface area contributed by atoms with Gasteiger partial charge in [-0.05, 0) is 18.4 Å². The van der Waals surface area contributed by atoms with Gasteiger partial charge < -0.3 is 0 Å². The first-order valence-electron chi connectivity index (χ1n) is 7.59. The monoisotopic (exact) mass is 298 g/mol. The molecular formula is C17H18N2O3. The van der Waals surface area contributed by atoms with Crippen molar-refractivity contribution in [1.29, 1.82) is 0 Å². The highest BCUT2D eigenvalue weighted by molar-refractivity contribution is 6.44. The van der Waals surface area contributed by atoms with E-state index in [4.69, 9.17) is 0 Å². The van der Waals surface area contributed by atoms with E-state index < -0.39 is 17.8 Å². The Morgan fingerprint density at radius 1 is 1.00 bits per heavy atom. The first kappa shape index (κ1) is 14.5. The molecule has 1 aromatic rings. The largest absolute Gasteiger partial charge is 0.334 e. The van der Waals surface area contributed by atoms with Crippen molar-refractivity contribution in [2.45, 2.75) is 31.7 Å². The third-order valence-electron chi connectivity index (χ3n) is 4.17. The molecule has 1 aliphatic heterocycles. The van der Waals surface area contributed by atoms with Crippen molar-refractivity contribution in [2.75, 3.05) is 6.54 Å². The molecule has 0 unspecified atom stereocenters. The second kappa shape index (κ2) is 6.13. The van der Waals surface area contributed by atoms with Crippen molar-refractivity contribution in [1.82, 2.24) is 9.80 Å². The highest BCUT2D eigenvalue weighted by Crippen LogP contribution is 2.27. The lowest BCUT2D eigenvalue weighted by molar-refractivity contribution is -0.143. The Morgan fingerprint density at radius 3 is 2.36 bits per heavy atom. The first-order valence-corrected chi connectivity index (χ1v) is 7.59. The molecule has 0 bridgehead atoms. The first-order chi connectivity index (χ1) is 10.7. The van der Waals surface area contributed by atoms with Crippen LogP contribution in [-0.4, -0.2) is 40.2 Å². The van der Waals surface area contributed by atoms with E-state index in [-0.39, 0.29) is 12.6 Å². The Balaban J connectivity index is 1.69. The molecule has 22 heavy (non-hydrogen) atoms. The average molecular weight is 298 g/mol. The molecule has 5 heteroatoms. The van der Waals surface area contributed by atoms with Gasteiger partial charge in [-0.3, -0.25) is 19.4 Å². The molecule has 0 spiro atoms. The zero-order valence-corrected chi connectivity index (χ0v) is 12.3. The molecule has 1 saturated heterocycles. The molecule has 1 aliphatic carbocycles. The summed E-state index contributed by atoms with van der Waals surface area (Å²) in [7, 11) is 0. The van der Waals surface area contributed by atoms with Crippen LogP contribution < -0.4 is 0 Å². The van der Waals surface area contributed by atoms with Gasteiger partial charge in [-0.1, -0.05) is 55.3 Å². The van der Waals surface area contributed by atoms with Crippen LogP contribution in [0.1, 0.15) is 31.2 Å². The predicted molar refractivity (Wildman–Crippen MR) is 81.7 cm³/mol. The highest BCUT2D eigenvalue weighted by Gasteiger charge is 2.47. The van der Waals surface area contributed by atoms with Crippen LogP contribution >= 0.6 is 0 Å². The number of imide groups is 2. The molecular weight excluding hydrogens is 280 g/mol. The third kappa shape index (κ3) is 2.66. The standard InChI is InChI=1S/C17H18N2O3/c20-15-16(21)19(14-10-4-5-11-14)17(22)18(15)12-6-9-13-7-2-1-3-8-13/h1-3,6-9,14H,4-5,10-12H2. The summed E-state index contributed by atoms with van der Waals surface area (Å²) >= 11 is 0. The summed E-state index contributed by atoms with van der Waals surface area (Å²) in [5, 5.41) is 0. The molecule has 114 valence electrons. The van der Waals surface area contributed by atoms with Gasteiger partial charge in [0.25, 0.3) is 0 Å². The van der Waals surface area contributed by atoms with Crippen LogP contribution in [0.3, 0.4) is 0 Å². The maximum atomic E-state index is 12.3. The lowest BCUT2D eigenvalue weighted by Gasteiger charge is -2.20. The second-order valence-corrected chi connectivity index (χ2v) is 5.62. The van der Waals surface area contributed by atoms with Crippen molar-refractivity contribution in [3.63, 3.8) is 0 Å². The number of amides is 4. The fourth-order valence-corrected chi connectivity index (χ4v) is 3.03. The SMILES string of the molecule is O=C1C(=O)N(C2CCCC2)C(=O)N1CC=Cc1ccccc1. The summed E-state index contributed by atoms with van der Waals surface area (Å²) < 4.78 is 0. The quantitative estimate of drug-likeness (QED) is 0.633.